The average molecular weight is 364 g/mol. The number of alkyl halides is 2. The predicted octanol–water partition coefficient (Wildman–Crippen LogP) is 3.57. The summed E-state index contributed by atoms with van der Waals surface area (Å²) in [6.45, 7) is 0.303. The smallest absolute Gasteiger partial charge is 0.387 e. The Hall–Kier alpha value is -3.03. The maximum absolute atomic E-state index is 12.6. The van der Waals surface area contributed by atoms with Crippen LogP contribution >= 0.6 is 0 Å². The Labute approximate surface area is 148 Å². The van der Waals surface area contributed by atoms with E-state index in [0.717, 1.165) is 0 Å². The van der Waals surface area contributed by atoms with Crippen molar-refractivity contribution >= 4 is 11.9 Å². The minimum Gasteiger partial charge on any atom is -0.478 e. The Morgan fingerprint density at radius 2 is 1.92 bits per heavy atom. The number of aromatic nitrogens is 1. The zero-order valence-corrected chi connectivity index (χ0v) is 14.2. The highest BCUT2D eigenvalue weighted by atomic mass is 19.3. The summed E-state index contributed by atoms with van der Waals surface area (Å²) in [4.78, 5) is 27.5. The van der Waals surface area contributed by atoms with Crippen LogP contribution in [0, 0.1) is 6.92 Å². The number of nitrogens with one attached hydrogen (secondary N) is 1. The van der Waals surface area contributed by atoms with Crippen LogP contribution in [0.5, 0.6) is 5.75 Å². The van der Waals surface area contributed by atoms with Crippen molar-refractivity contribution in [1.29, 1.82) is 0 Å². The van der Waals surface area contributed by atoms with Crippen LogP contribution in [0.2, 0.25) is 0 Å². The molecule has 1 unspecified atom stereocenters. The zero-order valence-electron chi connectivity index (χ0n) is 14.2. The van der Waals surface area contributed by atoms with Crippen molar-refractivity contribution in [2.24, 2.45) is 0 Å². The number of amides is 1. The van der Waals surface area contributed by atoms with E-state index in [1.807, 2.05) is 0 Å². The summed E-state index contributed by atoms with van der Waals surface area (Å²) in [6.07, 6.45) is 0.432. The van der Waals surface area contributed by atoms with Gasteiger partial charge in [-0.05, 0) is 31.5 Å². The van der Waals surface area contributed by atoms with Crippen LogP contribution in [0.15, 0.2) is 36.4 Å². The molecule has 0 aliphatic carbocycles. The lowest BCUT2D eigenvalue weighted by Crippen LogP contribution is -2.29. The number of hydrogen-bond donors (Lipinski definition) is 2. The first kappa shape index (κ1) is 19.3. The number of aromatic carboxylic acids is 1. The molecule has 1 aromatic heterocycles. The number of rotatable bonds is 7. The van der Waals surface area contributed by atoms with Crippen molar-refractivity contribution in [2.75, 3.05) is 0 Å². The van der Waals surface area contributed by atoms with E-state index in [1.54, 1.807) is 25.1 Å². The van der Waals surface area contributed by atoms with E-state index < -0.39 is 24.5 Å². The number of aryl methyl sites for hydroxylation is 1. The predicted molar refractivity (Wildman–Crippen MR) is 89.5 cm³/mol. The molecule has 0 saturated carbocycles. The second kappa shape index (κ2) is 8.37. The molecule has 2 rings (SSSR count). The van der Waals surface area contributed by atoms with Crippen LogP contribution in [0.4, 0.5) is 8.78 Å². The van der Waals surface area contributed by atoms with Crippen LogP contribution in [0.1, 0.15) is 51.5 Å². The van der Waals surface area contributed by atoms with E-state index >= 15 is 0 Å². The fraction of sp³-hybridized carbons (Fsp3) is 0.278. The Morgan fingerprint density at radius 3 is 2.50 bits per heavy atom. The lowest BCUT2D eigenvalue weighted by atomic mass is 10.0. The minimum absolute atomic E-state index is 0.00395. The highest BCUT2D eigenvalue weighted by molar-refractivity contribution is 5.94. The van der Waals surface area contributed by atoms with Gasteiger partial charge in [0, 0.05) is 5.56 Å². The summed E-state index contributed by atoms with van der Waals surface area (Å²) < 4.78 is 29.7. The van der Waals surface area contributed by atoms with Gasteiger partial charge in [-0.25, -0.2) is 9.78 Å². The molecule has 1 atom stereocenters. The van der Waals surface area contributed by atoms with Crippen molar-refractivity contribution in [3.8, 4) is 5.75 Å². The van der Waals surface area contributed by atoms with Crippen molar-refractivity contribution in [1.82, 2.24) is 10.3 Å². The Balaban J connectivity index is 2.24. The van der Waals surface area contributed by atoms with Gasteiger partial charge in [-0.2, -0.15) is 8.78 Å². The van der Waals surface area contributed by atoms with Crippen molar-refractivity contribution in [3.05, 3.63) is 58.9 Å². The summed E-state index contributed by atoms with van der Waals surface area (Å²) in [5.74, 6) is -1.68. The molecule has 1 aromatic carbocycles. The van der Waals surface area contributed by atoms with Crippen molar-refractivity contribution in [3.63, 3.8) is 0 Å². The zero-order chi connectivity index (χ0) is 19.3. The summed E-state index contributed by atoms with van der Waals surface area (Å²) in [7, 11) is 0. The number of pyridine rings is 1. The van der Waals surface area contributed by atoms with Gasteiger partial charge in [0.25, 0.3) is 5.91 Å². The fourth-order valence-corrected chi connectivity index (χ4v) is 2.52. The molecule has 0 spiro atoms. The van der Waals surface area contributed by atoms with Crippen LogP contribution in [-0.4, -0.2) is 28.6 Å². The molecule has 138 valence electrons. The number of benzene rings is 1. The normalized spacial score (nSPS) is 11.9. The largest absolute Gasteiger partial charge is 0.478 e. The molecule has 1 heterocycles. The number of carbonyl (C=O) groups is 2. The van der Waals surface area contributed by atoms with Gasteiger partial charge < -0.3 is 15.2 Å². The monoisotopic (exact) mass is 364 g/mol. The Morgan fingerprint density at radius 1 is 1.23 bits per heavy atom. The van der Waals surface area contributed by atoms with E-state index in [4.69, 9.17) is 5.11 Å². The van der Waals surface area contributed by atoms with Gasteiger partial charge in [0.1, 0.15) is 11.4 Å². The number of carboxylic acid groups (broad SMARTS) is 1. The second-order valence-electron chi connectivity index (χ2n) is 5.49. The van der Waals surface area contributed by atoms with E-state index in [1.165, 1.54) is 25.1 Å². The topological polar surface area (TPSA) is 88.5 Å². The van der Waals surface area contributed by atoms with E-state index in [-0.39, 0.29) is 22.7 Å². The summed E-state index contributed by atoms with van der Waals surface area (Å²) in [5, 5.41) is 11.7. The third-order valence-corrected chi connectivity index (χ3v) is 3.77. The standard InChI is InChI=1S/C18H18F2N2O4/c1-3-13(12-6-4-5-7-15(12)26-18(19)20)22-16(23)14-9-8-11(17(24)25)10(2)21-14/h4-9,13,18H,3H2,1-2H3,(H,22,23)(H,24,25). The van der Waals surface area contributed by atoms with E-state index in [9.17, 15) is 18.4 Å². The minimum atomic E-state index is -2.97. The Bertz CT molecular complexity index is 812. The average Bonchev–Trinajstić information content (AvgIpc) is 2.59. The molecule has 0 fully saturated rings. The van der Waals surface area contributed by atoms with Crippen LogP contribution in [-0.2, 0) is 0 Å². The third-order valence-electron chi connectivity index (χ3n) is 3.77. The van der Waals surface area contributed by atoms with Gasteiger partial charge in [0.15, 0.2) is 0 Å². The van der Waals surface area contributed by atoms with Crippen LogP contribution in [0.25, 0.3) is 0 Å². The lowest BCUT2D eigenvalue weighted by Gasteiger charge is -2.20. The quantitative estimate of drug-likeness (QED) is 0.784. The second-order valence-corrected chi connectivity index (χ2v) is 5.49. The molecule has 6 nitrogen and oxygen atoms in total. The SMILES string of the molecule is CCC(NC(=O)c1ccc(C(=O)O)c(C)n1)c1ccccc1OC(F)F. The summed E-state index contributed by atoms with van der Waals surface area (Å²) in [6, 6.07) is 8.25. The number of carbonyl (C=O) groups excluding carboxylic acids is 1. The summed E-state index contributed by atoms with van der Waals surface area (Å²) in [5.41, 5.74) is 0.671. The Kier molecular flexibility index (Phi) is 6.21. The molecular weight excluding hydrogens is 346 g/mol. The molecule has 2 aromatic rings. The molecule has 0 aliphatic rings. The van der Waals surface area contributed by atoms with Gasteiger partial charge in [-0.3, -0.25) is 4.79 Å². The van der Waals surface area contributed by atoms with Gasteiger partial charge in [-0.1, -0.05) is 25.1 Å². The number of nitrogens with zero attached hydrogens (tertiary/aromatic N) is 1. The molecule has 1 amide bonds. The molecule has 2 N–H and O–H groups in total. The van der Waals surface area contributed by atoms with Crippen molar-refractivity contribution < 1.29 is 28.2 Å². The first-order valence-electron chi connectivity index (χ1n) is 7.89. The first-order valence-corrected chi connectivity index (χ1v) is 7.89. The molecule has 0 saturated heterocycles. The number of halogens is 2. The number of ether oxygens (including phenoxy) is 1. The number of hydrogen-bond acceptors (Lipinski definition) is 4. The van der Waals surface area contributed by atoms with Crippen LogP contribution < -0.4 is 10.1 Å². The molecule has 8 heteroatoms. The fourth-order valence-electron chi connectivity index (χ4n) is 2.52. The lowest BCUT2D eigenvalue weighted by molar-refractivity contribution is -0.0507. The van der Waals surface area contributed by atoms with Gasteiger partial charge in [0.2, 0.25) is 0 Å². The molecule has 26 heavy (non-hydrogen) atoms. The molecular formula is C18H18F2N2O4. The molecule has 0 bridgehead atoms. The maximum Gasteiger partial charge on any atom is 0.387 e. The molecule has 0 radical (unpaired) electrons. The van der Waals surface area contributed by atoms with Gasteiger partial charge in [-0.15, -0.1) is 0 Å². The van der Waals surface area contributed by atoms with Crippen molar-refractivity contribution in [2.45, 2.75) is 32.9 Å². The number of carboxylic acids is 1. The summed E-state index contributed by atoms with van der Waals surface area (Å²) >= 11 is 0. The third kappa shape index (κ3) is 4.53. The molecule has 0 aliphatic heterocycles. The highest BCUT2D eigenvalue weighted by Gasteiger charge is 2.20. The van der Waals surface area contributed by atoms with E-state index in [0.29, 0.717) is 12.0 Å². The van der Waals surface area contributed by atoms with Gasteiger partial charge >= 0.3 is 12.6 Å². The first-order chi connectivity index (χ1) is 12.3. The number of para-hydroxylation sites is 1. The van der Waals surface area contributed by atoms with Gasteiger partial charge in [0.05, 0.1) is 17.3 Å². The van der Waals surface area contributed by atoms with Crippen LogP contribution in [0.3, 0.4) is 0 Å². The van der Waals surface area contributed by atoms with E-state index in [2.05, 4.69) is 15.0 Å². The maximum atomic E-state index is 12.6. The highest BCUT2D eigenvalue weighted by Crippen LogP contribution is 2.28.